The van der Waals surface area contributed by atoms with Crippen LogP contribution in [0.1, 0.15) is 40.0 Å². The summed E-state index contributed by atoms with van der Waals surface area (Å²) in [5.41, 5.74) is 0.309. The molecule has 2 atom stereocenters. The number of hydrogen-bond acceptors (Lipinski definition) is 3. The molecule has 16 heavy (non-hydrogen) atoms. The lowest BCUT2D eigenvalue weighted by Crippen LogP contribution is -2.42. The van der Waals surface area contributed by atoms with E-state index in [1.54, 1.807) is 0 Å². The van der Waals surface area contributed by atoms with Crippen LogP contribution in [0.15, 0.2) is 0 Å². The second kappa shape index (κ2) is 5.99. The smallest absolute Gasteiger partial charge is 0.0586 e. The van der Waals surface area contributed by atoms with Gasteiger partial charge in [-0.2, -0.15) is 0 Å². The van der Waals surface area contributed by atoms with E-state index >= 15 is 0 Å². The molecule has 1 rings (SSSR count). The predicted octanol–water partition coefficient (Wildman–Crippen LogP) is 1.47. The monoisotopic (exact) mass is 228 g/mol. The van der Waals surface area contributed by atoms with Crippen molar-refractivity contribution in [2.45, 2.75) is 52.1 Å². The third-order valence-corrected chi connectivity index (χ3v) is 3.81. The molecule has 0 saturated carbocycles. The lowest BCUT2D eigenvalue weighted by Gasteiger charge is -2.33. The molecule has 1 aliphatic heterocycles. The minimum Gasteiger partial charge on any atom is -0.395 e. The van der Waals surface area contributed by atoms with Gasteiger partial charge in [0.25, 0.3) is 0 Å². The Morgan fingerprint density at radius 1 is 1.44 bits per heavy atom. The predicted molar refractivity (Wildman–Crippen MR) is 68.6 cm³/mol. The van der Waals surface area contributed by atoms with Crippen LogP contribution in [0.4, 0.5) is 0 Å². The van der Waals surface area contributed by atoms with Gasteiger partial charge in [0, 0.05) is 18.6 Å². The maximum atomic E-state index is 9.26. The van der Waals surface area contributed by atoms with Crippen molar-refractivity contribution >= 4 is 0 Å². The Balaban J connectivity index is 2.37. The standard InChI is InChI=1S/C13H28N2O/c1-13(2,3)12(14-4)7-9-15-8-5-6-11(15)10-16/h11-12,14,16H,5-10H2,1-4H3. The number of rotatable bonds is 5. The van der Waals surface area contributed by atoms with Crippen LogP contribution in [0.2, 0.25) is 0 Å². The normalized spacial score (nSPS) is 24.9. The summed E-state index contributed by atoms with van der Waals surface area (Å²) >= 11 is 0. The maximum Gasteiger partial charge on any atom is 0.0586 e. The minimum absolute atomic E-state index is 0.309. The highest BCUT2D eigenvalue weighted by Crippen LogP contribution is 2.23. The molecule has 2 N–H and O–H groups in total. The zero-order chi connectivity index (χ0) is 12.2. The molecule has 3 heteroatoms. The average Bonchev–Trinajstić information content (AvgIpc) is 2.64. The third kappa shape index (κ3) is 3.72. The highest BCUT2D eigenvalue weighted by molar-refractivity contribution is 4.83. The summed E-state index contributed by atoms with van der Waals surface area (Å²) in [7, 11) is 2.05. The number of aliphatic hydroxyl groups is 1. The Morgan fingerprint density at radius 2 is 2.12 bits per heavy atom. The topological polar surface area (TPSA) is 35.5 Å². The van der Waals surface area contributed by atoms with Gasteiger partial charge in [0.1, 0.15) is 0 Å². The molecule has 3 nitrogen and oxygen atoms in total. The van der Waals surface area contributed by atoms with Crippen LogP contribution in [-0.2, 0) is 0 Å². The van der Waals surface area contributed by atoms with Gasteiger partial charge in [-0.05, 0) is 38.3 Å². The molecule has 1 saturated heterocycles. The lowest BCUT2D eigenvalue weighted by atomic mass is 9.85. The molecule has 0 aromatic carbocycles. The highest BCUT2D eigenvalue weighted by atomic mass is 16.3. The summed E-state index contributed by atoms with van der Waals surface area (Å²) in [4.78, 5) is 2.44. The van der Waals surface area contributed by atoms with Crippen molar-refractivity contribution in [2.24, 2.45) is 5.41 Å². The summed E-state index contributed by atoms with van der Waals surface area (Å²) in [6, 6.07) is 0.963. The van der Waals surface area contributed by atoms with E-state index in [0.717, 1.165) is 25.9 Å². The van der Waals surface area contributed by atoms with E-state index in [0.29, 0.717) is 24.1 Å². The zero-order valence-corrected chi connectivity index (χ0v) is 11.3. The van der Waals surface area contributed by atoms with E-state index < -0.39 is 0 Å². The SMILES string of the molecule is CNC(CCN1CCCC1CO)C(C)(C)C. The number of likely N-dealkylation sites (tertiary alicyclic amines) is 1. The Kier molecular flexibility index (Phi) is 5.22. The number of hydrogen-bond donors (Lipinski definition) is 2. The summed E-state index contributed by atoms with van der Waals surface area (Å²) in [5, 5.41) is 12.7. The van der Waals surface area contributed by atoms with Crippen molar-refractivity contribution in [3.8, 4) is 0 Å². The Hall–Kier alpha value is -0.120. The summed E-state index contributed by atoms with van der Waals surface area (Å²) < 4.78 is 0. The highest BCUT2D eigenvalue weighted by Gasteiger charge is 2.27. The van der Waals surface area contributed by atoms with E-state index in [4.69, 9.17) is 0 Å². The fourth-order valence-electron chi connectivity index (χ4n) is 2.70. The molecule has 0 amide bonds. The largest absolute Gasteiger partial charge is 0.395 e. The molecule has 0 spiro atoms. The van der Waals surface area contributed by atoms with Crippen molar-refractivity contribution in [3.05, 3.63) is 0 Å². The van der Waals surface area contributed by atoms with Gasteiger partial charge in [0.05, 0.1) is 6.61 Å². The first-order valence-electron chi connectivity index (χ1n) is 6.51. The molecule has 1 fully saturated rings. The van der Waals surface area contributed by atoms with E-state index in [1.807, 2.05) is 7.05 Å². The van der Waals surface area contributed by atoms with Crippen molar-refractivity contribution < 1.29 is 5.11 Å². The van der Waals surface area contributed by atoms with Gasteiger partial charge in [0.15, 0.2) is 0 Å². The average molecular weight is 228 g/mol. The first-order chi connectivity index (χ1) is 7.49. The second-order valence-electron chi connectivity index (χ2n) is 6.01. The zero-order valence-electron chi connectivity index (χ0n) is 11.3. The van der Waals surface area contributed by atoms with Gasteiger partial charge < -0.3 is 10.4 Å². The Labute approximate surface area is 100 Å². The minimum atomic E-state index is 0.309. The van der Waals surface area contributed by atoms with Crippen molar-refractivity contribution in [2.75, 3.05) is 26.7 Å². The van der Waals surface area contributed by atoms with Gasteiger partial charge in [-0.15, -0.1) is 0 Å². The molecule has 1 heterocycles. The Morgan fingerprint density at radius 3 is 2.62 bits per heavy atom. The molecule has 1 aliphatic rings. The van der Waals surface area contributed by atoms with Crippen LogP contribution in [0.25, 0.3) is 0 Å². The first kappa shape index (κ1) is 13.9. The molecule has 0 aromatic heterocycles. The molecule has 0 aliphatic carbocycles. The van der Waals surface area contributed by atoms with Crippen molar-refractivity contribution in [1.82, 2.24) is 10.2 Å². The van der Waals surface area contributed by atoms with E-state index in [-0.39, 0.29) is 0 Å². The fourth-order valence-corrected chi connectivity index (χ4v) is 2.70. The summed E-state index contributed by atoms with van der Waals surface area (Å²) in [5.74, 6) is 0. The molecular weight excluding hydrogens is 200 g/mol. The van der Waals surface area contributed by atoms with E-state index in [2.05, 4.69) is 31.0 Å². The van der Waals surface area contributed by atoms with Crippen LogP contribution in [-0.4, -0.2) is 48.8 Å². The molecular formula is C13H28N2O. The van der Waals surface area contributed by atoms with Crippen LogP contribution in [0, 0.1) is 5.41 Å². The van der Waals surface area contributed by atoms with Gasteiger partial charge in [-0.3, -0.25) is 4.90 Å². The quantitative estimate of drug-likeness (QED) is 0.748. The summed E-state index contributed by atoms with van der Waals surface area (Å²) in [6.07, 6.45) is 3.57. The van der Waals surface area contributed by atoms with Crippen molar-refractivity contribution in [3.63, 3.8) is 0 Å². The third-order valence-electron chi connectivity index (χ3n) is 3.81. The van der Waals surface area contributed by atoms with Gasteiger partial charge in [-0.25, -0.2) is 0 Å². The van der Waals surface area contributed by atoms with Gasteiger partial charge in [0.2, 0.25) is 0 Å². The maximum absolute atomic E-state index is 9.26. The number of nitrogens with one attached hydrogen (secondary N) is 1. The van der Waals surface area contributed by atoms with Crippen molar-refractivity contribution in [1.29, 1.82) is 0 Å². The molecule has 0 radical (unpaired) electrons. The second-order valence-corrected chi connectivity index (χ2v) is 6.01. The molecule has 96 valence electrons. The van der Waals surface area contributed by atoms with Crippen LogP contribution in [0.5, 0.6) is 0 Å². The van der Waals surface area contributed by atoms with Gasteiger partial charge in [-0.1, -0.05) is 20.8 Å². The summed E-state index contributed by atoms with van der Waals surface area (Å²) in [6.45, 7) is 9.42. The van der Waals surface area contributed by atoms with E-state index in [9.17, 15) is 5.11 Å². The molecule has 2 unspecified atom stereocenters. The van der Waals surface area contributed by atoms with Crippen LogP contribution in [0.3, 0.4) is 0 Å². The fraction of sp³-hybridized carbons (Fsp3) is 1.00. The lowest BCUT2D eigenvalue weighted by molar-refractivity contribution is 0.144. The first-order valence-corrected chi connectivity index (χ1v) is 6.51. The Bertz CT molecular complexity index is 201. The van der Waals surface area contributed by atoms with E-state index in [1.165, 1.54) is 6.42 Å². The van der Waals surface area contributed by atoms with Crippen LogP contribution >= 0.6 is 0 Å². The number of nitrogens with zero attached hydrogens (tertiary/aromatic N) is 1. The van der Waals surface area contributed by atoms with Gasteiger partial charge >= 0.3 is 0 Å². The molecule has 0 bridgehead atoms. The molecule has 0 aromatic rings. The number of aliphatic hydroxyl groups excluding tert-OH is 1. The van der Waals surface area contributed by atoms with Crippen LogP contribution < -0.4 is 5.32 Å².